The number of nitrogens with zero attached hydrogens (tertiary/aromatic N) is 2. The van der Waals surface area contributed by atoms with Crippen molar-refractivity contribution >= 4 is 22.8 Å². The number of hydrogen-bond acceptors (Lipinski definition) is 6. The van der Waals surface area contributed by atoms with E-state index >= 15 is 0 Å². The first-order valence-electron chi connectivity index (χ1n) is 11.1. The molecule has 34 heavy (non-hydrogen) atoms. The predicted octanol–water partition coefficient (Wildman–Crippen LogP) is 2.94. The molecule has 7 nitrogen and oxygen atoms in total. The highest BCUT2D eigenvalue weighted by Crippen LogP contribution is 2.25. The quantitative estimate of drug-likeness (QED) is 0.534. The van der Waals surface area contributed by atoms with E-state index in [9.17, 15) is 18.4 Å². The molecular weight excluding hydrogens is 444 g/mol. The number of rotatable bonds is 7. The first kappa shape index (κ1) is 23.8. The molecule has 0 bridgehead atoms. The summed E-state index contributed by atoms with van der Waals surface area (Å²) in [5.74, 6) is -1.01. The van der Waals surface area contributed by atoms with E-state index in [-0.39, 0.29) is 17.9 Å². The van der Waals surface area contributed by atoms with Gasteiger partial charge in [-0.25, -0.2) is 8.78 Å². The predicted molar refractivity (Wildman–Crippen MR) is 125 cm³/mol. The van der Waals surface area contributed by atoms with Crippen LogP contribution in [0.4, 0.5) is 14.7 Å². The van der Waals surface area contributed by atoms with Crippen LogP contribution in [0.2, 0.25) is 0 Å². The Kier molecular flexibility index (Phi) is 7.23. The summed E-state index contributed by atoms with van der Waals surface area (Å²) in [6.07, 6.45) is 0.443. The number of carbonyl (C=O) groups is 1. The minimum atomic E-state index is -0.630. The van der Waals surface area contributed by atoms with Crippen LogP contribution < -0.4 is 15.6 Å². The van der Waals surface area contributed by atoms with Crippen LogP contribution in [0.1, 0.15) is 21.5 Å². The summed E-state index contributed by atoms with van der Waals surface area (Å²) in [6, 6.07) is 8.14. The molecule has 1 aliphatic rings. The highest BCUT2D eigenvalue weighted by atomic mass is 19.1. The van der Waals surface area contributed by atoms with Crippen LogP contribution in [-0.4, -0.2) is 57.8 Å². The number of ether oxygens (including phenoxy) is 1. The average molecular weight is 472 g/mol. The fourth-order valence-corrected chi connectivity index (χ4v) is 3.99. The number of morpholine rings is 1. The first-order valence-corrected chi connectivity index (χ1v) is 11.1. The van der Waals surface area contributed by atoms with Gasteiger partial charge in [0.25, 0.3) is 5.91 Å². The molecule has 1 amide bonds. The van der Waals surface area contributed by atoms with Crippen LogP contribution in [0.25, 0.3) is 11.0 Å². The van der Waals surface area contributed by atoms with Crippen molar-refractivity contribution in [2.75, 3.05) is 51.8 Å². The van der Waals surface area contributed by atoms with Gasteiger partial charge in [0.1, 0.15) is 17.2 Å². The van der Waals surface area contributed by atoms with Gasteiger partial charge < -0.3 is 24.3 Å². The second-order valence-electron chi connectivity index (χ2n) is 8.46. The highest BCUT2D eigenvalue weighted by molar-refractivity contribution is 5.98. The molecule has 2 aromatic carbocycles. The lowest BCUT2D eigenvalue weighted by atomic mass is 10.0. The molecule has 1 fully saturated rings. The Bertz CT molecular complexity index is 1230. The van der Waals surface area contributed by atoms with Crippen molar-refractivity contribution < 1.29 is 22.7 Å². The maximum absolute atomic E-state index is 13.4. The molecule has 180 valence electrons. The Morgan fingerprint density at radius 1 is 1.06 bits per heavy atom. The third kappa shape index (κ3) is 5.43. The standard InChI is InChI=1S/C25H27F2N3O4/c1-29(2)25(32)18-11-17(3-4-28-15-16-9-19(26)13-20(27)10-16)24-21(12-18)22(31)14-23(34-24)30-5-7-33-8-6-30/h9-14,28H,3-8,15H2,1-2H3. The lowest BCUT2D eigenvalue weighted by Gasteiger charge is -2.27. The summed E-state index contributed by atoms with van der Waals surface area (Å²) >= 11 is 0. The molecule has 3 aromatic rings. The summed E-state index contributed by atoms with van der Waals surface area (Å²) in [4.78, 5) is 29.0. The van der Waals surface area contributed by atoms with Crippen LogP contribution in [-0.2, 0) is 17.7 Å². The van der Waals surface area contributed by atoms with Gasteiger partial charge >= 0.3 is 0 Å². The van der Waals surface area contributed by atoms with Crippen LogP contribution in [0.15, 0.2) is 45.6 Å². The lowest BCUT2D eigenvalue weighted by molar-refractivity contribution is 0.0827. The fraction of sp³-hybridized carbons (Fsp3) is 0.360. The molecule has 2 heterocycles. The minimum absolute atomic E-state index is 0.219. The van der Waals surface area contributed by atoms with Gasteiger partial charge in [-0.2, -0.15) is 0 Å². The molecule has 1 saturated heterocycles. The van der Waals surface area contributed by atoms with Crippen LogP contribution in [0, 0.1) is 11.6 Å². The summed E-state index contributed by atoms with van der Waals surface area (Å²) in [6.45, 7) is 3.05. The number of hydrogen-bond donors (Lipinski definition) is 1. The number of benzene rings is 2. The molecule has 0 atom stereocenters. The largest absolute Gasteiger partial charge is 0.440 e. The van der Waals surface area contributed by atoms with Gasteiger partial charge in [-0.1, -0.05) is 0 Å². The normalized spacial score (nSPS) is 13.9. The van der Waals surface area contributed by atoms with Gasteiger partial charge in [0.15, 0.2) is 11.3 Å². The molecule has 1 aliphatic heterocycles. The average Bonchev–Trinajstić information content (AvgIpc) is 2.81. The van der Waals surface area contributed by atoms with Gasteiger partial charge in [0.05, 0.1) is 18.6 Å². The van der Waals surface area contributed by atoms with Crippen LogP contribution in [0.3, 0.4) is 0 Å². The zero-order valence-electron chi connectivity index (χ0n) is 19.2. The summed E-state index contributed by atoms with van der Waals surface area (Å²) in [5.41, 5.74) is 1.79. The van der Waals surface area contributed by atoms with Crippen molar-refractivity contribution in [1.82, 2.24) is 10.2 Å². The number of nitrogens with one attached hydrogen (secondary N) is 1. The number of halogens is 2. The van der Waals surface area contributed by atoms with Crippen molar-refractivity contribution in [3.63, 3.8) is 0 Å². The van der Waals surface area contributed by atoms with E-state index in [1.165, 1.54) is 23.1 Å². The number of fused-ring (bicyclic) bond motifs is 1. The molecule has 0 aliphatic carbocycles. The monoisotopic (exact) mass is 471 g/mol. The lowest BCUT2D eigenvalue weighted by Crippen LogP contribution is -2.36. The first-order chi connectivity index (χ1) is 16.3. The van der Waals surface area contributed by atoms with Gasteiger partial charge in [0.2, 0.25) is 0 Å². The van der Waals surface area contributed by atoms with Crippen molar-refractivity contribution in [2.45, 2.75) is 13.0 Å². The highest BCUT2D eigenvalue weighted by Gasteiger charge is 2.19. The second kappa shape index (κ2) is 10.3. The van der Waals surface area contributed by atoms with Crippen molar-refractivity contribution in [2.24, 2.45) is 0 Å². The van der Waals surface area contributed by atoms with Gasteiger partial charge in [0, 0.05) is 51.4 Å². The van der Waals surface area contributed by atoms with E-state index in [1.807, 2.05) is 4.90 Å². The summed E-state index contributed by atoms with van der Waals surface area (Å²) < 4.78 is 38.4. The van der Waals surface area contributed by atoms with Gasteiger partial charge in [-0.15, -0.1) is 0 Å². The number of carbonyl (C=O) groups excluding carboxylic acids is 1. The van der Waals surface area contributed by atoms with Gasteiger partial charge in [-0.3, -0.25) is 9.59 Å². The molecule has 4 rings (SSSR count). The molecule has 0 radical (unpaired) electrons. The molecule has 1 aromatic heterocycles. The fourth-order valence-electron chi connectivity index (χ4n) is 3.99. The zero-order chi connectivity index (χ0) is 24.2. The smallest absolute Gasteiger partial charge is 0.253 e. The Hall–Kier alpha value is -3.30. The minimum Gasteiger partial charge on any atom is -0.440 e. The van der Waals surface area contributed by atoms with E-state index in [0.29, 0.717) is 72.8 Å². The maximum Gasteiger partial charge on any atom is 0.253 e. The van der Waals surface area contributed by atoms with Crippen molar-refractivity contribution in [1.29, 1.82) is 0 Å². The third-order valence-electron chi connectivity index (χ3n) is 5.69. The SMILES string of the molecule is CN(C)C(=O)c1cc(CCNCc2cc(F)cc(F)c2)c2oc(N3CCOCC3)cc(=O)c2c1. The zero-order valence-corrected chi connectivity index (χ0v) is 19.2. The summed E-state index contributed by atoms with van der Waals surface area (Å²) in [5, 5.41) is 3.50. The number of amides is 1. The van der Waals surface area contributed by atoms with E-state index in [0.717, 1.165) is 6.07 Å². The molecule has 0 unspecified atom stereocenters. The molecule has 1 N–H and O–H groups in total. The molecule has 0 saturated carbocycles. The topological polar surface area (TPSA) is 75.0 Å². The van der Waals surface area contributed by atoms with E-state index in [4.69, 9.17) is 9.15 Å². The third-order valence-corrected chi connectivity index (χ3v) is 5.69. The Balaban J connectivity index is 1.63. The number of anilines is 1. The van der Waals surface area contributed by atoms with Crippen LogP contribution >= 0.6 is 0 Å². The summed E-state index contributed by atoms with van der Waals surface area (Å²) in [7, 11) is 3.30. The second-order valence-corrected chi connectivity index (χ2v) is 8.46. The van der Waals surface area contributed by atoms with E-state index in [2.05, 4.69) is 5.32 Å². The molecular formula is C25H27F2N3O4. The molecule has 0 spiro atoms. The Morgan fingerprint density at radius 3 is 2.44 bits per heavy atom. The van der Waals surface area contributed by atoms with Crippen molar-refractivity contribution in [3.05, 3.63) is 74.9 Å². The van der Waals surface area contributed by atoms with Crippen LogP contribution in [0.5, 0.6) is 0 Å². The Morgan fingerprint density at radius 2 is 1.76 bits per heavy atom. The van der Waals surface area contributed by atoms with E-state index < -0.39 is 11.6 Å². The van der Waals surface area contributed by atoms with Crippen molar-refractivity contribution in [3.8, 4) is 0 Å². The molecule has 9 heteroatoms. The van der Waals surface area contributed by atoms with E-state index in [1.54, 1.807) is 26.2 Å². The van der Waals surface area contributed by atoms with Gasteiger partial charge in [-0.05, 0) is 48.4 Å². The Labute approximate surface area is 195 Å². The maximum atomic E-state index is 13.4.